The molecule has 1 aliphatic heterocycles. The molecule has 0 spiro atoms. The van der Waals surface area contributed by atoms with Crippen LogP contribution >= 0.6 is 0 Å². The highest BCUT2D eigenvalue weighted by molar-refractivity contribution is 6.28. The van der Waals surface area contributed by atoms with Gasteiger partial charge in [-0.15, -0.1) is 0 Å². The Bertz CT molecular complexity index is 1140. The number of benzene rings is 2. The molecule has 0 fully saturated rings. The minimum Gasteiger partial charge on any atom is -0.310 e. The zero-order valence-corrected chi connectivity index (χ0v) is 14.4. The second kappa shape index (κ2) is 6.07. The summed E-state index contributed by atoms with van der Waals surface area (Å²) in [4.78, 5) is 37.9. The van der Waals surface area contributed by atoms with Gasteiger partial charge in [0.1, 0.15) is 17.4 Å². The molecule has 2 aromatic carbocycles. The summed E-state index contributed by atoms with van der Waals surface area (Å²) >= 11 is 0. The number of carbonyl (C=O) groups is 1. The number of rotatable bonds is 2. The minimum absolute atomic E-state index is 0.220. The third-order valence-corrected chi connectivity index (χ3v) is 4.20. The van der Waals surface area contributed by atoms with Crippen LogP contribution in [0.25, 0.3) is 17.0 Å². The quantitative estimate of drug-likeness (QED) is 0.726. The maximum Gasteiger partial charge on any atom is 0.282 e. The predicted octanol–water partition coefficient (Wildman–Crippen LogP) is 3.04. The summed E-state index contributed by atoms with van der Waals surface area (Å²) in [6.07, 6.45) is 1.75. The highest BCUT2D eigenvalue weighted by Gasteiger charge is 2.29. The Morgan fingerprint density at radius 2 is 1.81 bits per heavy atom. The Morgan fingerprint density at radius 1 is 1.04 bits per heavy atom. The number of amidine groups is 1. The lowest BCUT2D eigenvalue weighted by Crippen LogP contribution is -2.30. The van der Waals surface area contributed by atoms with Gasteiger partial charge in [0.05, 0.1) is 16.6 Å². The summed E-state index contributed by atoms with van der Waals surface area (Å²) < 4.78 is 0. The maximum atomic E-state index is 12.8. The number of hydrogen-bond acceptors (Lipinski definition) is 4. The van der Waals surface area contributed by atoms with Crippen LogP contribution in [0.2, 0.25) is 0 Å². The number of amides is 1. The zero-order valence-electron chi connectivity index (χ0n) is 14.4. The van der Waals surface area contributed by atoms with Gasteiger partial charge in [-0.05, 0) is 43.7 Å². The lowest BCUT2D eigenvalue weighted by molar-refractivity contribution is -0.113. The van der Waals surface area contributed by atoms with Crippen LogP contribution in [0, 0.1) is 6.92 Å². The first-order chi connectivity index (χ1) is 12.5. The fraction of sp³-hybridized carbons (Fsp3) is 0.100. The van der Waals surface area contributed by atoms with Gasteiger partial charge in [0.25, 0.3) is 11.5 Å². The first kappa shape index (κ1) is 16.0. The molecule has 1 amide bonds. The topological polar surface area (TPSA) is 78.4 Å². The Hall–Kier alpha value is -3.54. The third kappa shape index (κ3) is 2.71. The van der Waals surface area contributed by atoms with Crippen molar-refractivity contribution in [3.8, 4) is 0 Å². The van der Waals surface area contributed by atoms with Gasteiger partial charge in [0, 0.05) is 0 Å². The van der Waals surface area contributed by atoms with Crippen molar-refractivity contribution in [1.29, 1.82) is 0 Å². The van der Waals surface area contributed by atoms with Crippen LogP contribution in [-0.4, -0.2) is 21.7 Å². The Balaban J connectivity index is 1.76. The molecular formula is C20H16N4O2. The second-order valence-electron chi connectivity index (χ2n) is 6.09. The van der Waals surface area contributed by atoms with Crippen molar-refractivity contribution in [2.45, 2.75) is 13.8 Å². The van der Waals surface area contributed by atoms with E-state index in [-0.39, 0.29) is 11.5 Å². The molecular weight excluding hydrogens is 328 g/mol. The van der Waals surface area contributed by atoms with Gasteiger partial charge >= 0.3 is 0 Å². The summed E-state index contributed by atoms with van der Waals surface area (Å²) in [5.41, 5.74) is 2.23. The summed E-state index contributed by atoms with van der Waals surface area (Å²) in [7, 11) is 0. The molecule has 4 rings (SSSR count). The number of aliphatic imine (C=N–C) groups is 1. The lowest BCUT2D eigenvalue weighted by atomic mass is 10.1. The SMILES string of the molecule is CC1=N/C(=C/c2ccccc2)C(=O)N1c1ccc2nc(C)[nH]c(=O)c2c1. The van der Waals surface area contributed by atoms with Crippen molar-refractivity contribution < 1.29 is 4.79 Å². The van der Waals surface area contributed by atoms with Gasteiger partial charge in [0.2, 0.25) is 0 Å². The number of carbonyl (C=O) groups excluding carboxylic acids is 1. The van der Waals surface area contributed by atoms with Crippen molar-refractivity contribution in [3.05, 3.63) is 76.0 Å². The van der Waals surface area contributed by atoms with Crippen molar-refractivity contribution in [1.82, 2.24) is 9.97 Å². The zero-order chi connectivity index (χ0) is 18.3. The molecule has 128 valence electrons. The molecule has 0 bridgehead atoms. The Labute approximate surface area is 149 Å². The van der Waals surface area contributed by atoms with Gasteiger partial charge < -0.3 is 4.98 Å². The normalized spacial score (nSPS) is 15.8. The largest absolute Gasteiger partial charge is 0.310 e. The van der Waals surface area contributed by atoms with Gasteiger partial charge in [-0.2, -0.15) is 0 Å². The number of nitrogens with zero attached hydrogens (tertiary/aromatic N) is 3. The molecule has 6 nitrogen and oxygen atoms in total. The van der Waals surface area contributed by atoms with E-state index in [0.717, 1.165) is 5.56 Å². The molecule has 1 aliphatic rings. The van der Waals surface area contributed by atoms with Crippen molar-refractivity contribution in [3.63, 3.8) is 0 Å². The summed E-state index contributed by atoms with van der Waals surface area (Å²) in [6.45, 7) is 3.50. The number of fused-ring (bicyclic) bond motifs is 1. The van der Waals surface area contributed by atoms with Crippen LogP contribution in [-0.2, 0) is 4.79 Å². The van der Waals surface area contributed by atoms with Crippen LogP contribution in [0.1, 0.15) is 18.3 Å². The van der Waals surface area contributed by atoms with Crippen LogP contribution in [0.5, 0.6) is 0 Å². The van der Waals surface area contributed by atoms with E-state index < -0.39 is 0 Å². The van der Waals surface area contributed by atoms with E-state index in [1.165, 1.54) is 4.90 Å². The first-order valence-corrected chi connectivity index (χ1v) is 8.20. The maximum absolute atomic E-state index is 12.8. The van der Waals surface area contributed by atoms with Gasteiger partial charge in [0.15, 0.2) is 0 Å². The summed E-state index contributed by atoms with van der Waals surface area (Å²) in [5, 5.41) is 0.439. The van der Waals surface area contributed by atoms with E-state index in [0.29, 0.717) is 33.9 Å². The lowest BCUT2D eigenvalue weighted by Gasteiger charge is -2.16. The van der Waals surface area contributed by atoms with E-state index in [1.54, 1.807) is 38.1 Å². The number of aryl methyl sites for hydroxylation is 1. The molecule has 0 saturated heterocycles. The highest BCUT2D eigenvalue weighted by atomic mass is 16.2. The monoisotopic (exact) mass is 344 g/mol. The Morgan fingerprint density at radius 3 is 2.58 bits per heavy atom. The third-order valence-electron chi connectivity index (χ3n) is 4.20. The molecule has 0 saturated carbocycles. The molecule has 0 aliphatic carbocycles. The van der Waals surface area contributed by atoms with E-state index in [9.17, 15) is 9.59 Å². The van der Waals surface area contributed by atoms with Gasteiger partial charge in [-0.25, -0.2) is 9.98 Å². The molecule has 0 atom stereocenters. The van der Waals surface area contributed by atoms with Crippen LogP contribution < -0.4 is 10.5 Å². The summed E-state index contributed by atoms with van der Waals surface area (Å²) in [6, 6.07) is 14.7. The number of nitrogens with one attached hydrogen (secondary N) is 1. The standard InChI is InChI=1S/C20H16N4O2/c1-12-21-17-9-8-15(11-16(17)19(25)22-12)24-13(2)23-18(20(24)26)10-14-6-4-3-5-7-14/h3-11H,1-2H3,(H,21,22,25)/b18-10+. The molecule has 6 heteroatoms. The van der Waals surface area contributed by atoms with Crippen LogP contribution in [0.4, 0.5) is 5.69 Å². The first-order valence-electron chi connectivity index (χ1n) is 8.20. The molecule has 1 N–H and O–H groups in total. The molecule has 3 aromatic rings. The second-order valence-corrected chi connectivity index (χ2v) is 6.09. The number of anilines is 1. The molecule has 2 heterocycles. The number of H-pyrrole nitrogens is 1. The fourth-order valence-corrected chi connectivity index (χ4v) is 3.02. The van der Waals surface area contributed by atoms with Crippen molar-refractivity contribution in [2.24, 2.45) is 4.99 Å². The van der Waals surface area contributed by atoms with E-state index in [1.807, 2.05) is 30.3 Å². The Kier molecular flexibility index (Phi) is 3.73. The van der Waals surface area contributed by atoms with Gasteiger partial charge in [-0.3, -0.25) is 14.5 Å². The number of aromatic amines is 1. The number of aromatic nitrogens is 2. The van der Waals surface area contributed by atoms with Crippen LogP contribution in [0.15, 0.2) is 64.0 Å². The van der Waals surface area contributed by atoms with E-state index in [4.69, 9.17) is 0 Å². The molecule has 26 heavy (non-hydrogen) atoms. The highest BCUT2D eigenvalue weighted by Crippen LogP contribution is 2.26. The molecule has 1 aromatic heterocycles. The molecule has 0 unspecified atom stereocenters. The summed E-state index contributed by atoms with van der Waals surface area (Å²) in [5.74, 6) is 0.897. The van der Waals surface area contributed by atoms with Crippen molar-refractivity contribution in [2.75, 3.05) is 4.90 Å². The average Bonchev–Trinajstić information content (AvgIpc) is 2.89. The fourth-order valence-electron chi connectivity index (χ4n) is 3.02. The average molecular weight is 344 g/mol. The smallest absolute Gasteiger partial charge is 0.282 e. The number of hydrogen-bond donors (Lipinski definition) is 1. The van der Waals surface area contributed by atoms with Gasteiger partial charge in [-0.1, -0.05) is 30.3 Å². The predicted molar refractivity (Wildman–Crippen MR) is 102 cm³/mol. The van der Waals surface area contributed by atoms with E-state index >= 15 is 0 Å². The van der Waals surface area contributed by atoms with Crippen LogP contribution in [0.3, 0.4) is 0 Å². The molecule has 0 radical (unpaired) electrons. The minimum atomic E-state index is -0.226. The van der Waals surface area contributed by atoms with E-state index in [2.05, 4.69) is 15.0 Å². The van der Waals surface area contributed by atoms with Crippen molar-refractivity contribution >= 4 is 34.4 Å².